The standard InChI is InChI=1S/C19H24N2O2S/c1-14(16-7-5-4-6-8-16)21-19(24)20-12-11-15-9-10-17(22-2)18(13-15)23-3/h4-10,13-14H,11-12H2,1-3H3,(H2,20,21,24). The van der Waals surface area contributed by atoms with Gasteiger partial charge in [-0.05, 0) is 48.8 Å². The highest BCUT2D eigenvalue weighted by Crippen LogP contribution is 2.27. The second-order valence-electron chi connectivity index (χ2n) is 5.47. The summed E-state index contributed by atoms with van der Waals surface area (Å²) in [6.07, 6.45) is 0.849. The number of thiocarbonyl (C=S) groups is 1. The van der Waals surface area contributed by atoms with Crippen molar-refractivity contribution in [2.75, 3.05) is 20.8 Å². The summed E-state index contributed by atoms with van der Waals surface area (Å²) in [4.78, 5) is 0. The molecule has 0 saturated carbocycles. The van der Waals surface area contributed by atoms with Crippen LogP contribution in [0, 0.1) is 0 Å². The summed E-state index contributed by atoms with van der Waals surface area (Å²) >= 11 is 5.37. The molecule has 128 valence electrons. The summed E-state index contributed by atoms with van der Waals surface area (Å²) in [5.41, 5.74) is 2.38. The molecule has 5 heteroatoms. The fourth-order valence-corrected chi connectivity index (χ4v) is 2.71. The van der Waals surface area contributed by atoms with Crippen molar-refractivity contribution in [2.45, 2.75) is 19.4 Å². The number of nitrogens with one attached hydrogen (secondary N) is 2. The fourth-order valence-electron chi connectivity index (χ4n) is 2.43. The van der Waals surface area contributed by atoms with Crippen LogP contribution < -0.4 is 20.1 Å². The van der Waals surface area contributed by atoms with Gasteiger partial charge in [-0.3, -0.25) is 0 Å². The molecule has 0 aliphatic carbocycles. The largest absolute Gasteiger partial charge is 0.493 e. The Hall–Kier alpha value is -2.27. The van der Waals surface area contributed by atoms with Crippen LogP contribution in [0.2, 0.25) is 0 Å². The Labute approximate surface area is 149 Å². The minimum Gasteiger partial charge on any atom is -0.493 e. The molecule has 24 heavy (non-hydrogen) atoms. The zero-order valence-electron chi connectivity index (χ0n) is 14.3. The van der Waals surface area contributed by atoms with Crippen molar-refractivity contribution in [1.82, 2.24) is 10.6 Å². The van der Waals surface area contributed by atoms with Crippen LogP contribution in [-0.4, -0.2) is 25.9 Å². The Balaban J connectivity index is 1.80. The van der Waals surface area contributed by atoms with Gasteiger partial charge in [0.05, 0.1) is 20.3 Å². The number of hydrogen-bond acceptors (Lipinski definition) is 3. The van der Waals surface area contributed by atoms with Gasteiger partial charge in [0.25, 0.3) is 0 Å². The SMILES string of the molecule is COc1ccc(CCNC(=S)NC(C)c2ccccc2)cc1OC. The first-order chi connectivity index (χ1) is 11.6. The maximum atomic E-state index is 5.37. The van der Waals surface area contributed by atoms with E-state index in [2.05, 4.69) is 29.7 Å². The molecule has 4 nitrogen and oxygen atoms in total. The molecule has 1 unspecified atom stereocenters. The monoisotopic (exact) mass is 344 g/mol. The first-order valence-electron chi connectivity index (χ1n) is 7.94. The molecule has 2 aromatic rings. The fraction of sp³-hybridized carbons (Fsp3) is 0.316. The zero-order chi connectivity index (χ0) is 17.4. The molecule has 0 saturated heterocycles. The quantitative estimate of drug-likeness (QED) is 0.753. The molecule has 2 N–H and O–H groups in total. The second-order valence-corrected chi connectivity index (χ2v) is 5.88. The predicted molar refractivity (Wildman–Crippen MR) is 102 cm³/mol. The van der Waals surface area contributed by atoms with E-state index in [1.807, 2.05) is 36.4 Å². The first-order valence-corrected chi connectivity index (χ1v) is 8.35. The predicted octanol–water partition coefficient (Wildman–Crippen LogP) is 3.47. The lowest BCUT2D eigenvalue weighted by Crippen LogP contribution is -2.37. The van der Waals surface area contributed by atoms with Gasteiger partial charge in [-0.15, -0.1) is 0 Å². The third kappa shape index (κ3) is 5.13. The summed E-state index contributed by atoms with van der Waals surface area (Å²) in [6.45, 7) is 2.85. The molecule has 0 bridgehead atoms. The van der Waals surface area contributed by atoms with Crippen LogP contribution in [-0.2, 0) is 6.42 Å². The van der Waals surface area contributed by atoms with Crippen LogP contribution in [0.5, 0.6) is 11.5 Å². The van der Waals surface area contributed by atoms with E-state index in [-0.39, 0.29) is 6.04 Å². The molecule has 0 aliphatic heterocycles. The van der Waals surface area contributed by atoms with Crippen molar-refractivity contribution in [2.24, 2.45) is 0 Å². The third-order valence-electron chi connectivity index (χ3n) is 3.79. The first kappa shape index (κ1) is 18.1. The van der Waals surface area contributed by atoms with E-state index in [4.69, 9.17) is 21.7 Å². The number of hydrogen-bond donors (Lipinski definition) is 2. The Morgan fingerprint density at radius 2 is 1.75 bits per heavy atom. The van der Waals surface area contributed by atoms with E-state index in [1.54, 1.807) is 14.2 Å². The van der Waals surface area contributed by atoms with Gasteiger partial charge in [0, 0.05) is 6.54 Å². The third-order valence-corrected chi connectivity index (χ3v) is 4.06. The molecule has 0 amide bonds. The normalized spacial score (nSPS) is 11.5. The Morgan fingerprint density at radius 3 is 2.42 bits per heavy atom. The van der Waals surface area contributed by atoms with Crippen LogP contribution in [0.1, 0.15) is 24.1 Å². The van der Waals surface area contributed by atoms with Gasteiger partial charge in [0.1, 0.15) is 0 Å². The van der Waals surface area contributed by atoms with Gasteiger partial charge in [-0.2, -0.15) is 0 Å². The highest BCUT2D eigenvalue weighted by Gasteiger charge is 2.07. The van der Waals surface area contributed by atoms with Gasteiger partial charge in [-0.1, -0.05) is 36.4 Å². The van der Waals surface area contributed by atoms with Crippen LogP contribution >= 0.6 is 12.2 Å². The second kappa shape index (κ2) is 9.13. The average molecular weight is 344 g/mol. The van der Waals surface area contributed by atoms with Crippen LogP contribution in [0.3, 0.4) is 0 Å². The molecule has 0 aliphatic rings. The summed E-state index contributed by atoms with van der Waals surface area (Å²) in [6, 6.07) is 16.4. The molecule has 0 radical (unpaired) electrons. The average Bonchev–Trinajstić information content (AvgIpc) is 2.62. The minimum atomic E-state index is 0.173. The van der Waals surface area contributed by atoms with Crippen molar-refractivity contribution in [3.05, 3.63) is 59.7 Å². The number of benzene rings is 2. The van der Waals surface area contributed by atoms with Gasteiger partial charge in [0.15, 0.2) is 16.6 Å². The van der Waals surface area contributed by atoms with E-state index in [0.29, 0.717) is 5.11 Å². The lowest BCUT2D eigenvalue weighted by atomic mass is 10.1. The van der Waals surface area contributed by atoms with E-state index < -0.39 is 0 Å². The Kier molecular flexibility index (Phi) is 6.88. The van der Waals surface area contributed by atoms with E-state index in [1.165, 1.54) is 11.1 Å². The molecule has 0 fully saturated rings. The van der Waals surface area contributed by atoms with Crippen molar-refractivity contribution in [3.63, 3.8) is 0 Å². The Morgan fingerprint density at radius 1 is 1.04 bits per heavy atom. The molecule has 2 rings (SSSR count). The highest BCUT2D eigenvalue weighted by molar-refractivity contribution is 7.80. The lowest BCUT2D eigenvalue weighted by molar-refractivity contribution is 0.354. The molecular weight excluding hydrogens is 320 g/mol. The smallest absolute Gasteiger partial charge is 0.166 e. The molecule has 2 aromatic carbocycles. The van der Waals surface area contributed by atoms with E-state index >= 15 is 0 Å². The van der Waals surface area contributed by atoms with Gasteiger partial charge >= 0.3 is 0 Å². The zero-order valence-corrected chi connectivity index (χ0v) is 15.2. The van der Waals surface area contributed by atoms with Crippen LogP contribution in [0.15, 0.2) is 48.5 Å². The maximum absolute atomic E-state index is 5.37. The lowest BCUT2D eigenvalue weighted by Gasteiger charge is -2.17. The van der Waals surface area contributed by atoms with Gasteiger partial charge in [-0.25, -0.2) is 0 Å². The topological polar surface area (TPSA) is 42.5 Å². The van der Waals surface area contributed by atoms with Crippen LogP contribution in [0.25, 0.3) is 0 Å². The highest BCUT2D eigenvalue weighted by atomic mass is 32.1. The molecular formula is C19H24N2O2S. The van der Waals surface area contributed by atoms with Crippen molar-refractivity contribution in [3.8, 4) is 11.5 Å². The summed E-state index contributed by atoms with van der Waals surface area (Å²) in [7, 11) is 3.28. The van der Waals surface area contributed by atoms with Crippen LogP contribution in [0.4, 0.5) is 0 Å². The van der Waals surface area contributed by atoms with Gasteiger partial charge < -0.3 is 20.1 Å². The molecule has 0 spiro atoms. The number of ether oxygens (including phenoxy) is 2. The van der Waals surface area contributed by atoms with Gasteiger partial charge in [0.2, 0.25) is 0 Å². The summed E-state index contributed by atoms with van der Waals surface area (Å²) < 4.78 is 10.6. The minimum absolute atomic E-state index is 0.173. The molecule has 1 atom stereocenters. The summed E-state index contributed by atoms with van der Waals surface area (Å²) in [5, 5.41) is 7.20. The Bertz CT molecular complexity index is 662. The number of methoxy groups -OCH3 is 2. The van der Waals surface area contributed by atoms with Crippen molar-refractivity contribution >= 4 is 17.3 Å². The maximum Gasteiger partial charge on any atom is 0.166 e. The van der Waals surface area contributed by atoms with E-state index in [0.717, 1.165) is 24.5 Å². The van der Waals surface area contributed by atoms with E-state index in [9.17, 15) is 0 Å². The van der Waals surface area contributed by atoms with Crippen molar-refractivity contribution in [1.29, 1.82) is 0 Å². The number of rotatable bonds is 7. The molecule has 0 heterocycles. The molecule has 0 aromatic heterocycles. The van der Waals surface area contributed by atoms with Crippen molar-refractivity contribution < 1.29 is 9.47 Å². The summed E-state index contributed by atoms with van der Waals surface area (Å²) in [5.74, 6) is 1.48.